The van der Waals surface area contributed by atoms with Gasteiger partial charge in [0, 0.05) is 0 Å². The zero-order valence-electron chi connectivity index (χ0n) is 7.84. The lowest BCUT2D eigenvalue weighted by molar-refractivity contribution is -0.134. The Labute approximate surface area is 85.8 Å². The minimum atomic E-state index is -0.926. The average Bonchev–Trinajstić information content (AvgIpc) is 2.26. The number of carbonyl (C=O) groups is 1. The third-order valence-electron chi connectivity index (χ3n) is 1.87. The number of hydrogen-bond donors (Lipinski definition) is 2. The minimum Gasteiger partial charge on any atom is -0.480 e. The molecular weight excluding hydrogens is 194 g/mol. The zero-order valence-corrected chi connectivity index (χ0v) is 7.84. The van der Waals surface area contributed by atoms with Gasteiger partial charge in [0.2, 0.25) is 0 Å². The highest BCUT2D eigenvalue weighted by atomic mass is 16.4. The first-order valence-corrected chi connectivity index (χ1v) is 4.43. The third kappa shape index (κ3) is 2.19. The summed E-state index contributed by atoms with van der Waals surface area (Å²) in [5.41, 5.74) is 1.53. The Hall–Kier alpha value is -2.17. The topological polar surface area (TPSA) is 75.1 Å². The number of hydrogen-bond acceptors (Lipinski definition) is 4. The summed E-state index contributed by atoms with van der Waals surface area (Å²) in [4.78, 5) is 18.7. The van der Waals surface area contributed by atoms with Crippen LogP contribution < -0.4 is 5.32 Å². The first-order chi connectivity index (χ1) is 7.25. The average molecular weight is 203 g/mol. The lowest BCUT2D eigenvalue weighted by Gasteiger charge is -2.02. The van der Waals surface area contributed by atoms with E-state index in [1.807, 2.05) is 24.3 Å². The number of nitrogens with one attached hydrogen (secondary N) is 1. The number of nitrogens with zero attached hydrogens (tertiary/aromatic N) is 2. The van der Waals surface area contributed by atoms with Gasteiger partial charge in [-0.15, -0.1) is 0 Å². The monoisotopic (exact) mass is 203 g/mol. The number of carboxylic acid groups (broad SMARTS) is 1. The van der Waals surface area contributed by atoms with Crippen LogP contribution in [0.1, 0.15) is 0 Å². The van der Waals surface area contributed by atoms with E-state index in [2.05, 4.69) is 15.3 Å². The van der Waals surface area contributed by atoms with Gasteiger partial charge in [0.1, 0.15) is 12.4 Å². The Kier molecular flexibility index (Phi) is 2.45. The smallest absolute Gasteiger partial charge is 0.322 e. The maximum Gasteiger partial charge on any atom is 0.322 e. The van der Waals surface area contributed by atoms with Gasteiger partial charge in [-0.2, -0.15) is 0 Å². The summed E-state index contributed by atoms with van der Waals surface area (Å²) in [6, 6.07) is 7.41. The number of carboxylic acids is 1. The molecule has 0 aliphatic rings. The van der Waals surface area contributed by atoms with Gasteiger partial charge in [-0.1, -0.05) is 12.1 Å². The molecule has 0 bridgehead atoms. The van der Waals surface area contributed by atoms with Gasteiger partial charge in [-0.25, -0.2) is 4.98 Å². The van der Waals surface area contributed by atoms with Gasteiger partial charge < -0.3 is 10.4 Å². The molecule has 1 aromatic carbocycles. The first kappa shape index (κ1) is 9.39. The van der Waals surface area contributed by atoms with Crippen LogP contribution >= 0.6 is 0 Å². The fraction of sp³-hybridized carbons (Fsp3) is 0.100. The molecule has 0 saturated carbocycles. The van der Waals surface area contributed by atoms with Crippen molar-refractivity contribution in [1.29, 1.82) is 0 Å². The van der Waals surface area contributed by atoms with Crippen LogP contribution in [0.15, 0.2) is 30.5 Å². The third-order valence-corrected chi connectivity index (χ3v) is 1.87. The maximum atomic E-state index is 10.3. The molecule has 1 aromatic heterocycles. The van der Waals surface area contributed by atoms with Gasteiger partial charge in [0.25, 0.3) is 0 Å². The van der Waals surface area contributed by atoms with Crippen LogP contribution in [0.25, 0.3) is 11.0 Å². The highest BCUT2D eigenvalue weighted by Crippen LogP contribution is 2.10. The molecule has 0 aliphatic heterocycles. The molecule has 0 aliphatic carbocycles. The highest BCUT2D eigenvalue weighted by Gasteiger charge is 2.00. The lowest BCUT2D eigenvalue weighted by Crippen LogP contribution is -2.13. The van der Waals surface area contributed by atoms with Crippen molar-refractivity contribution in [2.24, 2.45) is 0 Å². The molecule has 76 valence electrons. The molecule has 5 nitrogen and oxygen atoms in total. The second-order valence-corrected chi connectivity index (χ2v) is 2.99. The predicted octanol–water partition coefficient (Wildman–Crippen LogP) is 1.13. The van der Waals surface area contributed by atoms with Crippen LogP contribution in [0, 0.1) is 0 Å². The van der Waals surface area contributed by atoms with Crippen molar-refractivity contribution >= 4 is 22.8 Å². The van der Waals surface area contributed by atoms with E-state index in [9.17, 15) is 4.79 Å². The van der Waals surface area contributed by atoms with E-state index in [0.717, 1.165) is 11.0 Å². The fourth-order valence-electron chi connectivity index (χ4n) is 1.21. The van der Waals surface area contributed by atoms with Gasteiger partial charge in [-0.05, 0) is 12.1 Å². The summed E-state index contributed by atoms with van der Waals surface area (Å²) in [5.74, 6) is -0.457. The van der Waals surface area contributed by atoms with Crippen molar-refractivity contribution in [3.8, 4) is 0 Å². The zero-order chi connectivity index (χ0) is 10.7. The largest absolute Gasteiger partial charge is 0.480 e. The first-order valence-electron chi connectivity index (χ1n) is 4.43. The van der Waals surface area contributed by atoms with E-state index >= 15 is 0 Å². The maximum absolute atomic E-state index is 10.3. The second kappa shape index (κ2) is 3.91. The molecule has 2 rings (SSSR count). The molecule has 0 spiro atoms. The molecule has 15 heavy (non-hydrogen) atoms. The molecule has 0 unspecified atom stereocenters. The Morgan fingerprint density at radius 2 is 2.07 bits per heavy atom. The van der Waals surface area contributed by atoms with E-state index in [1.54, 1.807) is 0 Å². The molecular formula is C10H9N3O2. The quantitative estimate of drug-likeness (QED) is 0.782. The minimum absolute atomic E-state index is 0.160. The van der Waals surface area contributed by atoms with E-state index in [1.165, 1.54) is 6.20 Å². The summed E-state index contributed by atoms with van der Waals surface area (Å²) >= 11 is 0. The molecule has 0 radical (unpaired) electrons. The normalized spacial score (nSPS) is 10.1. The molecule has 2 aromatic rings. The Bertz CT molecular complexity index is 499. The van der Waals surface area contributed by atoms with E-state index in [0.29, 0.717) is 5.82 Å². The predicted molar refractivity (Wildman–Crippen MR) is 55.7 cm³/mol. The SMILES string of the molecule is O=C(O)CNc1cnc2ccccc2n1. The lowest BCUT2D eigenvalue weighted by atomic mass is 10.3. The number of para-hydroxylation sites is 2. The van der Waals surface area contributed by atoms with Crippen LogP contribution in [0.5, 0.6) is 0 Å². The summed E-state index contributed by atoms with van der Waals surface area (Å²) in [7, 11) is 0. The van der Waals surface area contributed by atoms with Crippen LogP contribution in [0.4, 0.5) is 5.82 Å². The summed E-state index contributed by atoms with van der Waals surface area (Å²) in [6.45, 7) is -0.160. The summed E-state index contributed by atoms with van der Waals surface area (Å²) < 4.78 is 0. The number of aliphatic carboxylic acids is 1. The van der Waals surface area contributed by atoms with Gasteiger partial charge in [0.05, 0.1) is 17.2 Å². The number of rotatable bonds is 3. The Morgan fingerprint density at radius 1 is 1.33 bits per heavy atom. The fourth-order valence-corrected chi connectivity index (χ4v) is 1.21. The number of aromatic nitrogens is 2. The second-order valence-electron chi connectivity index (χ2n) is 2.99. The van der Waals surface area contributed by atoms with Gasteiger partial charge in [-0.3, -0.25) is 9.78 Å². The van der Waals surface area contributed by atoms with E-state index in [4.69, 9.17) is 5.11 Å². The number of fused-ring (bicyclic) bond motifs is 1. The van der Waals surface area contributed by atoms with Crippen LogP contribution in [0.3, 0.4) is 0 Å². The standard InChI is InChI=1S/C10H9N3O2/c14-10(15)6-12-9-5-11-7-3-1-2-4-8(7)13-9/h1-5H,6H2,(H,12,13)(H,14,15). The number of anilines is 1. The van der Waals surface area contributed by atoms with Crippen molar-refractivity contribution in [1.82, 2.24) is 9.97 Å². The van der Waals surface area contributed by atoms with Crippen molar-refractivity contribution in [2.45, 2.75) is 0 Å². The number of benzene rings is 1. The molecule has 2 N–H and O–H groups in total. The van der Waals surface area contributed by atoms with Crippen LogP contribution in [0.2, 0.25) is 0 Å². The van der Waals surface area contributed by atoms with Crippen LogP contribution in [-0.4, -0.2) is 27.6 Å². The molecule has 0 fully saturated rings. The molecule has 0 atom stereocenters. The molecule has 0 amide bonds. The van der Waals surface area contributed by atoms with Crippen molar-refractivity contribution in [3.63, 3.8) is 0 Å². The summed E-state index contributed by atoms with van der Waals surface area (Å²) in [6.07, 6.45) is 1.52. The van der Waals surface area contributed by atoms with Gasteiger partial charge in [0.15, 0.2) is 0 Å². The molecule has 0 saturated heterocycles. The van der Waals surface area contributed by atoms with Gasteiger partial charge >= 0.3 is 5.97 Å². The highest BCUT2D eigenvalue weighted by molar-refractivity contribution is 5.76. The Balaban J connectivity index is 2.26. The molecule has 5 heteroatoms. The van der Waals surface area contributed by atoms with Crippen molar-refractivity contribution < 1.29 is 9.90 Å². The Morgan fingerprint density at radius 3 is 2.80 bits per heavy atom. The summed E-state index contributed by atoms with van der Waals surface area (Å²) in [5, 5.41) is 11.1. The van der Waals surface area contributed by atoms with Crippen molar-refractivity contribution in [2.75, 3.05) is 11.9 Å². The van der Waals surface area contributed by atoms with E-state index < -0.39 is 5.97 Å². The molecule has 1 heterocycles. The van der Waals surface area contributed by atoms with E-state index in [-0.39, 0.29) is 6.54 Å². The van der Waals surface area contributed by atoms with Crippen molar-refractivity contribution in [3.05, 3.63) is 30.5 Å². The van der Waals surface area contributed by atoms with Crippen LogP contribution in [-0.2, 0) is 4.79 Å².